The van der Waals surface area contributed by atoms with Gasteiger partial charge in [-0.25, -0.2) is 0 Å². The van der Waals surface area contributed by atoms with Crippen LogP contribution in [0.1, 0.15) is 49.1 Å². The number of nitrogens with one attached hydrogen (secondary N) is 1. The quantitative estimate of drug-likeness (QED) is 0.842. The molecule has 1 aliphatic heterocycles. The molecule has 106 valence electrons. The topological polar surface area (TPSA) is 71.3 Å². The zero-order valence-electron chi connectivity index (χ0n) is 11.7. The van der Waals surface area contributed by atoms with Crippen molar-refractivity contribution < 1.29 is 9.32 Å². The van der Waals surface area contributed by atoms with E-state index in [-0.39, 0.29) is 11.7 Å². The van der Waals surface area contributed by atoms with Gasteiger partial charge in [-0.15, -0.1) is 0 Å². The summed E-state index contributed by atoms with van der Waals surface area (Å²) in [6.07, 6.45) is 4.37. The molecule has 1 aromatic rings. The van der Waals surface area contributed by atoms with Gasteiger partial charge in [-0.3, -0.25) is 4.79 Å². The van der Waals surface area contributed by atoms with Gasteiger partial charge in [0, 0.05) is 26.1 Å². The van der Waals surface area contributed by atoms with Crippen molar-refractivity contribution in [3.63, 3.8) is 0 Å². The smallest absolute Gasteiger partial charge is 0.295 e. The molecule has 1 atom stereocenters. The lowest BCUT2D eigenvalue weighted by Gasteiger charge is -2.24. The van der Waals surface area contributed by atoms with Gasteiger partial charge in [-0.1, -0.05) is 18.5 Å². The molecule has 19 heavy (non-hydrogen) atoms. The van der Waals surface area contributed by atoms with Gasteiger partial charge < -0.3 is 14.7 Å². The molecule has 0 aliphatic carbocycles. The van der Waals surface area contributed by atoms with Crippen molar-refractivity contribution in [2.45, 2.75) is 45.6 Å². The highest BCUT2D eigenvalue weighted by molar-refractivity contribution is 5.90. The Morgan fingerprint density at radius 2 is 2.42 bits per heavy atom. The van der Waals surface area contributed by atoms with Crippen molar-refractivity contribution >= 4 is 5.91 Å². The molecule has 1 fully saturated rings. The van der Waals surface area contributed by atoms with Crippen LogP contribution in [-0.4, -0.2) is 46.6 Å². The van der Waals surface area contributed by atoms with Gasteiger partial charge in [0.05, 0.1) is 0 Å². The van der Waals surface area contributed by atoms with E-state index in [0.717, 1.165) is 38.9 Å². The van der Waals surface area contributed by atoms with Crippen molar-refractivity contribution in [1.82, 2.24) is 20.4 Å². The highest BCUT2D eigenvalue weighted by Crippen LogP contribution is 2.10. The summed E-state index contributed by atoms with van der Waals surface area (Å²) in [5, 5.41) is 7.14. The minimum absolute atomic E-state index is 0.126. The number of hydrogen-bond donors (Lipinski definition) is 1. The maximum absolute atomic E-state index is 12.4. The summed E-state index contributed by atoms with van der Waals surface area (Å²) in [5.41, 5.74) is 0. The van der Waals surface area contributed by atoms with Gasteiger partial charge in [-0.2, -0.15) is 4.98 Å². The first kappa shape index (κ1) is 14.0. The summed E-state index contributed by atoms with van der Waals surface area (Å²) < 4.78 is 4.89. The van der Waals surface area contributed by atoms with Gasteiger partial charge >= 0.3 is 0 Å². The minimum atomic E-state index is -0.126. The summed E-state index contributed by atoms with van der Waals surface area (Å²) in [6.45, 7) is 6.34. The average molecular weight is 266 g/mol. The fourth-order valence-corrected chi connectivity index (χ4v) is 2.33. The van der Waals surface area contributed by atoms with Gasteiger partial charge in [0.2, 0.25) is 5.89 Å². The molecule has 6 nitrogen and oxygen atoms in total. The van der Waals surface area contributed by atoms with Crippen LogP contribution < -0.4 is 5.32 Å². The summed E-state index contributed by atoms with van der Waals surface area (Å²) in [4.78, 5) is 18.2. The van der Waals surface area contributed by atoms with Crippen LogP contribution in [-0.2, 0) is 0 Å². The number of unbranched alkanes of at least 4 members (excludes halogenated alkanes) is 1. The monoisotopic (exact) mass is 266 g/mol. The van der Waals surface area contributed by atoms with E-state index in [4.69, 9.17) is 4.52 Å². The fourth-order valence-electron chi connectivity index (χ4n) is 2.33. The Bertz CT molecular complexity index is 413. The van der Waals surface area contributed by atoms with E-state index < -0.39 is 0 Å². The molecule has 2 heterocycles. The summed E-state index contributed by atoms with van der Waals surface area (Å²) in [7, 11) is 0. The molecule has 1 aliphatic rings. The van der Waals surface area contributed by atoms with Gasteiger partial charge in [0.1, 0.15) is 0 Å². The normalized spacial score (nSPS) is 18.7. The largest absolute Gasteiger partial charge is 0.339 e. The Balaban J connectivity index is 2.00. The second-order valence-electron chi connectivity index (χ2n) is 5.04. The van der Waals surface area contributed by atoms with Crippen molar-refractivity contribution in [2.75, 3.05) is 19.6 Å². The fraction of sp³-hybridized carbons (Fsp3) is 0.769. The Kier molecular flexibility index (Phi) is 4.90. The number of hydrogen-bond acceptors (Lipinski definition) is 5. The Labute approximate surface area is 113 Å². The van der Waals surface area contributed by atoms with E-state index in [1.807, 2.05) is 4.90 Å². The first-order valence-corrected chi connectivity index (χ1v) is 7.03. The molecule has 0 saturated carbocycles. The van der Waals surface area contributed by atoms with E-state index >= 15 is 0 Å². The van der Waals surface area contributed by atoms with Crippen LogP contribution in [0.5, 0.6) is 0 Å². The number of carbonyl (C=O) groups is 1. The van der Waals surface area contributed by atoms with Crippen LogP contribution in [0.15, 0.2) is 4.52 Å². The Hall–Kier alpha value is -1.43. The van der Waals surface area contributed by atoms with Crippen LogP contribution in [0.4, 0.5) is 0 Å². The maximum atomic E-state index is 12.4. The predicted octanol–water partition coefficient (Wildman–Crippen LogP) is 1.37. The van der Waals surface area contributed by atoms with Crippen molar-refractivity contribution in [1.29, 1.82) is 0 Å². The molecule has 0 bridgehead atoms. The first-order valence-electron chi connectivity index (χ1n) is 7.03. The highest BCUT2D eigenvalue weighted by atomic mass is 16.5. The summed E-state index contributed by atoms with van der Waals surface area (Å²) in [5.74, 6) is 0.475. The molecule has 1 saturated heterocycles. The number of aromatic nitrogens is 2. The molecule has 1 amide bonds. The SMILES string of the molecule is CCCCN(CC1CCCN1)C(=O)c1noc(C)n1. The standard InChI is InChI=1S/C13H22N4O2/c1-3-4-8-17(9-11-6-5-7-14-11)13(18)12-15-10(2)19-16-12/h11,14H,3-9H2,1-2H3. The average Bonchev–Trinajstić information content (AvgIpc) is 3.05. The van der Waals surface area contributed by atoms with Crippen LogP contribution in [0.2, 0.25) is 0 Å². The van der Waals surface area contributed by atoms with E-state index in [1.54, 1.807) is 6.92 Å². The van der Waals surface area contributed by atoms with Crippen LogP contribution in [0.3, 0.4) is 0 Å². The highest BCUT2D eigenvalue weighted by Gasteiger charge is 2.24. The van der Waals surface area contributed by atoms with Crippen LogP contribution >= 0.6 is 0 Å². The third-order valence-electron chi connectivity index (χ3n) is 3.39. The van der Waals surface area contributed by atoms with Gasteiger partial charge in [-0.05, 0) is 25.8 Å². The lowest BCUT2D eigenvalue weighted by atomic mass is 10.2. The second-order valence-corrected chi connectivity index (χ2v) is 5.04. The van der Waals surface area contributed by atoms with Crippen LogP contribution in [0.25, 0.3) is 0 Å². The first-order chi connectivity index (χ1) is 9.20. The minimum Gasteiger partial charge on any atom is -0.339 e. The van der Waals surface area contributed by atoms with E-state index in [9.17, 15) is 4.79 Å². The van der Waals surface area contributed by atoms with Gasteiger partial charge in [0.15, 0.2) is 0 Å². The molecule has 1 unspecified atom stereocenters. The lowest BCUT2D eigenvalue weighted by molar-refractivity contribution is 0.0724. The van der Waals surface area contributed by atoms with Gasteiger partial charge in [0.25, 0.3) is 11.7 Å². The Morgan fingerprint density at radius 1 is 1.58 bits per heavy atom. The molecule has 0 aromatic carbocycles. The predicted molar refractivity (Wildman–Crippen MR) is 70.9 cm³/mol. The Morgan fingerprint density at radius 3 is 3.00 bits per heavy atom. The van der Waals surface area contributed by atoms with E-state index in [0.29, 0.717) is 11.9 Å². The third-order valence-corrected chi connectivity index (χ3v) is 3.39. The summed E-state index contributed by atoms with van der Waals surface area (Å²) in [6, 6.07) is 0.397. The number of aryl methyl sites for hydroxylation is 1. The third kappa shape index (κ3) is 3.76. The molecular formula is C13H22N4O2. The number of amides is 1. The maximum Gasteiger partial charge on any atom is 0.295 e. The van der Waals surface area contributed by atoms with E-state index in [1.165, 1.54) is 6.42 Å². The van der Waals surface area contributed by atoms with Crippen LogP contribution in [0, 0.1) is 6.92 Å². The number of nitrogens with zero attached hydrogens (tertiary/aromatic N) is 3. The molecule has 6 heteroatoms. The second kappa shape index (κ2) is 6.65. The summed E-state index contributed by atoms with van der Waals surface area (Å²) >= 11 is 0. The zero-order chi connectivity index (χ0) is 13.7. The number of rotatable bonds is 6. The lowest BCUT2D eigenvalue weighted by Crippen LogP contribution is -2.42. The molecule has 0 spiro atoms. The van der Waals surface area contributed by atoms with Crippen molar-refractivity contribution in [2.24, 2.45) is 0 Å². The zero-order valence-corrected chi connectivity index (χ0v) is 11.7. The van der Waals surface area contributed by atoms with E-state index in [2.05, 4.69) is 22.4 Å². The molecule has 1 N–H and O–H groups in total. The molecular weight excluding hydrogens is 244 g/mol. The van der Waals surface area contributed by atoms with Crippen molar-refractivity contribution in [3.8, 4) is 0 Å². The number of carbonyl (C=O) groups excluding carboxylic acids is 1. The van der Waals surface area contributed by atoms with Crippen molar-refractivity contribution in [3.05, 3.63) is 11.7 Å². The molecule has 0 radical (unpaired) electrons. The molecule has 1 aromatic heterocycles. The molecule has 2 rings (SSSR count).